The Kier molecular flexibility index (Phi) is 2.47. The van der Waals surface area contributed by atoms with Gasteiger partial charge >= 0.3 is 0 Å². The third-order valence-corrected chi connectivity index (χ3v) is 3.74. The molecule has 1 fully saturated rings. The van der Waals surface area contributed by atoms with Crippen LogP contribution in [0.3, 0.4) is 0 Å². The second-order valence-electron chi connectivity index (χ2n) is 4.41. The molecule has 0 radical (unpaired) electrons. The number of hydrogen-bond acceptors (Lipinski definition) is 2. The van der Waals surface area contributed by atoms with Crippen molar-refractivity contribution < 1.29 is 9.18 Å². The summed E-state index contributed by atoms with van der Waals surface area (Å²) in [5.74, 6) is -0.407. The van der Waals surface area contributed by atoms with Crippen LogP contribution in [-0.2, 0) is 10.7 Å². The minimum absolute atomic E-state index is 0.110. The van der Waals surface area contributed by atoms with E-state index < -0.39 is 5.82 Å². The van der Waals surface area contributed by atoms with Gasteiger partial charge in [0.2, 0.25) is 5.91 Å². The Morgan fingerprint density at radius 2 is 2.35 bits per heavy atom. The van der Waals surface area contributed by atoms with Gasteiger partial charge in [-0.15, -0.1) is 11.6 Å². The molecule has 17 heavy (non-hydrogen) atoms. The predicted molar refractivity (Wildman–Crippen MR) is 65.0 cm³/mol. The second kappa shape index (κ2) is 3.88. The number of nitrogens with one attached hydrogen (secondary N) is 1. The standard InChI is InChI=1S/C12H12ClFN2O/c13-6-7-3-4-8-11(10(7)14)15-12(17)9-2-1-5-16(8)9/h3-4,9H,1-2,5-6H2,(H,15,17)/t9-/m0/s1. The van der Waals surface area contributed by atoms with Crippen molar-refractivity contribution in [3.8, 4) is 0 Å². The molecule has 3 nitrogen and oxygen atoms in total. The van der Waals surface area contributed by atoms with Gasteiger partial charge in [0.05, 0.1) is 11.6 Å². The molecule has 0 unspecified atom stereocenters. The lowest BCUT2D eigenvalue weighted by Gasteiger charge is -2.33. The molecule has 0 saturated carbocycles. The number of benzene rings is 1. The Balaban J connectivity index is 2.13. The summed E-state index contributed by atoms with van der Waals surface area (Å²) in [6.45, 7) is 0.810. The predicted octanol–water partition coefficient (Wildman–Crippen LogP) is 2.49. The number of carbonyl (C=O) groups excluding carboxylic acids is 1. The van der Waals surface area contributed by atoms with Gasteiger partial charge in [-0.05, 0) is 18.9 Å². The summed E-state index contributed by atoms with van der Waals surface area (Å²) in [6, 6.07) is 3.39. The van der Waals surface area contributed by atoms with Crippen molar-refractivity contribution >= 4 is 28.9 Å². The maximum Gasteiger partial charge on any atom is 0.247 e. The van der Waals surface area contributed by atoms with E-state index in [4.69, 9.17) is 11.6 Å². The topological polar surface area (TPSA) is 32.3 Å². The van der Waals surface area contributed by atoms with Crippen LogP contribution in [0.15, 0.2) is 12.1 Å². The van der Waals surface area contributed by atoms with E-state index in [1.54, 1.807) is 6.07 Å². The van der Waals surface area contributed by atoms with Gasteiger partial charge in [-0.25, -0.2) is 4.39 Å². The van der Waals surface area contributed by atoms with Gasteiger partial charge < -0.3 is 10.2 Å². The molecular formula is C12H12ClFN2O. The van der Waals surface area contributed by atoms with E-state index >= 15 is 0 Å². The van der Waals surface area contributed by atoms with Crippen LogP contribution in [0, 0.1) is 5.82 Å². The first-order chi connectivity index (χ1) is 8.22. The van der Waals surface area contributed by atoms with Gasteiger partial charge in [0.1, 0.15) is 11.7 Å². The average Bonchev–Trinajstić information content (AvgIpc) is 2.81. The van der Waals surface area contributed by atoms with E-state index in [0.29, 0.717) is 5.56 Å². The molecule has 3 rings (SSSR count). The molecule has 0 aliphatic carbocycles. The summed E-state index contributed by atoms with van der Waals surface area (Å²) in [6.07, 6.45) is 1.81. The lowest BCUT2D eigenvalue weighted by Crippen LogP contribution is -2.44. The van der Waals surface area contributed by atoms with Crippen LogP contribution in [0.4, 0.5) is 15.8 Å². The fraction of sp³-hybridized carbons (Fsp3) is 0.417. The van der Waals surface area contributed by atoms with Crippen LogP contribution in [0.25, 0.3) is 0 Å². The zero-order chi connectivity index (χ0) is 12.0. The molecule has 1 saturated heterocycles. The fourth-order valence-corrected chi connectivity index (χ4v) is 2.81. The Morgan fingerprint density at radius 1 is 1.53 bits per heavy atom. The minimum atomic E-state index is -0.406. The first kappa shape index (κ1) is 10.8. The molecule has 0 bridgehead atoms. The van der Waals surface area contributed by atoms with Gasteiger partial charge in [0.15, 0.2) is 5.82 Å². The monoisotopic (exact) mass is 254 g/mol. The van der Waals surface area contributed by atoms with Crippen molar-refractivity contribution in [3.63, 3.8) is 0 Å². The molecule has 1 atom stereocenters. The van der Waals surface area contributed by atoms with Crippen molar-refractivity contribution in [2.24, 2.45) is 0 Å². The quantitative estimate of drug-likeness (QED) is 0.781. The highest BCUT2D eigenvalue weighted by Gasteiger charge is 2.37. The molecule has 2 aliphatic rings. The summed E-state index contributed by atoms with van der Waals surface area (Å²) in [7, 11) is 0. The number of halogens is 2. The van der Waals surface area contributed by atoms with Crippen LogP contribution in [0.2, 0.25) is 0 Å². The Bertz CT molecular complexity index is 492. The van der Waals surface area contributed by atoms with Crippen LogP contribution in [-0.4, -0.2) is 18.5 Å². The molecule has 1 amide bonds. The van der Waals surface area contributed by atoms with Gasteiger partial charge in [0, 0.05) is 12.1 Å². The highest BCUT2D eigenvalue weighted by Crippen LogP contribution is 2.39. The molecule has 90 valence electrons. The first-order valence-corrected chi connectivity index (χ1v) is 6.20. The third kappa shape index (κ3) is 1.51. The number of anilines is 2. The summed E-state index contributed by atoms with van der Waals surface area (Å²) in [5.41, 5.74) is 1.48. The van der Waals surface area contributed by atoms with E-state index in [1.807, 2.05) is 11.0 Å². The van der Waals surface area contributed by atoms with Gasteiger partial charge in [0.25, 0.3) is 0 Å². The van der Waals surface area contributed by atoms with Gasteiger partial charge in [-0.1, -0.05) is 6.07 Å². The van der Waals surface area contributed by atoms with Crippen molar-refractivity contribution in [2.75, 3.05) is 16.8 Å². The Morgan fingerprint density at radius 3 is 3.12 bits per heavy atom. The lowest BCUT2D eigenvalue weighted by molar-refractivity contribution is -0.117. The number of carbonyl (C=O) groups is 1. The largest absolute Gasteiger partial charge is 0.358 e. The van der Waals surface area contributed by atoms with E-state index in [0.717, 1.165) is 25.1 Å². The molecule has 0 aromatic heterocycles. The maximum absolute atomic E-state index is 14.1. The molecule has 5 heteroatoms. The summed E-state index contributed by atoms with van der Waals surface area (Å²) < 4.78 is 14.1. The van der Waals surface area contributed by atoms with Crippen LogP contribution < -0.4 is 10.2 Å². The van der Waals surface area contributed by atoms with Gasteiger partial charge in [-0.2, -0.15) is 0 Å². The normalized spacial score (nSPS) is 22.1. The zero-order valence-electron chi connectivity index (χ0n) is 9.17. The minimum Gasteiger partial charge on any atom is -0.358 e. The van der Waals surface area contributed by atoms with E-state index in [2.05, 4.69) is 5.32 Å². The Labute approximate surface area is 104 Å². The molecule has 2 aliphatic heterocycles. The molecular weight excluding hydrogens is 243 g/mol. The number of fused-ring (bicyclic) bond motifs is 3. The molecule has 1 aromatic rings. The van der Waals surface area contributed by atoms with Crippen molar-refractivity contribution in [3.05, 3.63) is 23.5 Å². The van der Waals surface area contributed by atoms with E-state index in [9.17, 15) is 9.18 Å². The number of nitrogens with zero attached hydrogens (tertiary/aromatic N) is 1. The highest BCUT2D eigenvalue weighted by atomic mass is 35.5. The third-order valence-electron chi connectivity index (χ3n) is 3.46. The molecule has 0 spiro atoms. The number of amides is 1. The molecule has 2 heterocycles. The number of hydrogen-bond donors (Lipinski definition) is 1. The van der Waals surface area contributed by atoms with Crippen LogP contribution >= 0.6 is 11.6 Å². The molecule has 1 aromatic carbocycles. The Hall–Kier alpha value is -1.29. The zero-order valence-corrected chi connectivity index (χ0v) is 9.93. The molecule has 1 N–H and O–H groups in total. The first-order valence-electron chi connectivity index (χ1n) is 5.67. The number of rotatable bonds is 1. The summed E-state index contributed by atoms with van der Waals surface area (Å²) >= 11 is 5.66. The van der Waals surface area contributed by atoms with E-state index in [1.165, 1.54) is 0 Å². The van der Waals surface area contributed by atoms with Gasteiger partial charge in [-0.3, -0.25) is 4.79 Å². The van der Waals surface area contributed by atoms with E-state index in [-0.39, 0.29) is 23.5 Å². The smallest absolute Gasteiger partial charge is 0.247 e. The van der Waals surface area contributed by atoms with Crippen molar-refractivity contribution in [1.82, 2.24) is 0 Å². The maximum atomic E-state index is 14.1. The summed E-state index contributed by atoms with van der Waals surface area (Å²) in [5, 5.41) is 2.66. The van der Waals surface area contributed by atoms with Crippen LogP contribution in [0.5, 0.6) is 0 Å². The van der Waals surface area contributed by atoms with Crippen molar-refractivity contribution in [1.29, 1.82) is 0 Å². The lowest BCUT2D eigenvalue weighted by atomic mass is 10.1. The average molecular weight is 255 g/mol. The summed E-state index contributed by atoms with van der Waals surface area (Å²) in [4.78, 5) is 13.8. The van der Waals surface area contributed by atoms with Crippen molar-refractivity contribution in [2.45, 2.75) is 24.8 Å². The highest BCUT2D eigenvalue weighted by molar-refractivity contribution is 6.17. The SMILES string of the molecule is O=C1Nc2c(ccc(CCl)c2F)N2CCC[C@@H]12. The number of alkyl halides is 1. The fourth-order valence-electron chi connectivity index (χ4n) is 2.60. The second-order valence-corrected chi connectivity index (χ2v) is 4.67. The van der Waals surface area contributed by atoms with Crippen LogP contribution in [0.1, 0.15) is 18.4 Å².